The molecule has 17 heavy (non-hydrogen) atoms. The number of nitrogens with two attached hydrogens (primary N) is 1. The molecule has 0 aromatic heterocycles. The zero-order chi connectivity index (χ0) is 13.3. The van der Waals surface area contributed by atoms with Crippen LogP contribution in [0, 0.1) is 0 Å². The predicted molar refractivity (Wildman–Crippen MR) is 74.9 cm³/mol. The molecule has 0 spiro atoms. The molecule has 0 aliphatic rings. The molecule has 0 aliphatic heterocycles. The highest BCUT2D eigenvalue weighted by atomic mass is 15.2. The van der Waals surface area contributed by atoms with Crippen molar-refractivity contribution in [1.82, 2.24) is 5.43 Å². The maximum absolute atomic E-state index is 5.43. The van der Waals surface area contributed by atoms with Gasteiger partial charge >= 0.3 is 0 Å². The van der Waals surface area contributed by atoms with Gasteiger partial charge in [0.25, 0.3) is 0 Å². The third-order valence-corrected chi connectivity index (χ3v) is 3.03. The summed E-state index contributed by atoms with van der Waals surface area (Å²) in [5, 5.41) is 0. The quantitative estimate of drug-likeness (QED) is 0.609. The Kier molecular flexibility index (Phi) is 4.00. The van der Waals surface area contributed by atoms with Gasteiger partial charge in [-0.2, -0.15) is 0 Å². The van der Waals surface area contributed by atoms with Crippen molar-refractivity contribution >= 4 is 0 Å². The van der Waals surface area contributed by atoms with Gasteiger partial charge in [0.15, 0.2) is 0 Å². The fourth-order valence-electron chi connectivity index (χ4n) is 1.78. The molecular weight excluding hydrogens is 208 g/mol. The minimum absolute atomic E-state index is 0.171. The molecule has 0 unspecified atom stereocenters. The third kappa shape index (κ3) is 3.83. The summed E-state index contributed by atoms with van der Waals surface area (Å²) in [5.74, 6) is 5.43. The first-order valence-corrected chi connectivity index (χ1v) is 6.23. The van der Waals surface area contributed by atoms with E-state index in [1.54, 1.807) is 0 Å². The maximum Gasteiger partial charge on any atom is 0.0348 e. The van der Waals surface area contributed by atoms with E-state index < -0.39 is 0 Å². The van der Waals surface area contributed by atoms with E-state index in [-0.39, 0.29) is 10.8 Å². The highest BCUT2D eigenvalue weighted by Gasteiger charge is 2.20. The van der Waals surface area contributed by atoms with Crippen LogP contribution in [0.4, 0.5) is 0 Å². The van der Waals surface area contributed by atoms with Gasteiger partial charge in [-0.1, -0.05) is 59.7 Å². The standard InChI is InChI=1S/C15H26N2/c1-14(2,3)12-7-11(10-17-16)8-13(9-12)15(4,5)6/h7-9,17H,10,16H2,1-6H3. The van der Waals surface area contributed by atoms with Crippen molar-refractivity contribution in [2.75, 3.05) is 0 Å². The van der Waals surface area contributed by atoms with E-state index in [0.29, 0.717) is 6.54 Å². The minimum atomic E-state index is 0.171. The largest absolute Gasteiger partial charge is 0.271 e. The van der Waals surface area contributed by atoms with Crippen LogP contribution in [0.1, 0.15) is 58.2 Å². The second-order valence-corrected chi connectivity index (χ2v) is 6.80. The Labute approximate surface area is 106 Å². The second-order valence-electron chi connectivity index (χ2n) is 6.80. The Morgan fingerprint density at radius 2 is 1.29 bits per heavy atom. The van der Waals surface area contributed by atoms with Crippen molar-refractivity contribution < 1.29 is 0 Å². The van der Waals surface area contributed by atoms with Crippen molar-refractivity contribution in [3.8, 4) is 0 Å². The number of hydrogen-bond acceptors (Lipinski definition) is 2. The molecule has 0 bridgehead atoms. The molecule has 0 saturated heterocycles. The highest BCUT2D eigenvalue weighted by Crippen LogP contribution is 2.30. The SMILES string of the molecule is CC(C)(C)c1cc(CNN)cc(C(C)(C)C)c1. The first-order chi connectivity index (χ1) is 7.64. The van der Waals surface area contributed by atoms with Gasteiger partial charge in [-0.05, 0) is 27.5 Å². The third-order valence-electron chi connectivity index (χ3n) is 3.03. The van der Waals surface area contributed by atoms with Crippen molar-refractivity contribution in [3.63, 3.8) is 0 Å². The molecule has 0 aliphatic carbocycles. The summed E-state index contributed by atoms with van der Waals surface area (Å²) in [5.41, 5.74) is 7.08. The van der Waals surface area contributed by atoms with E-state index >= 15 is 0 Å². The molecule has 0 radical (unpaired) electrons. The fourth-order valence-corrected chi connectivity index (χ4v) is 1.78. The molecule has 2 heteroatoms. The zero-order valence-corrected chi connectivity index (χ0v) is 12.0. The van der Waals surface area contributed by atoms with E-state index in [1.165, 1.54) is 16.7 Å². The molecule has 0 amide bonds. The number of hydrogen-bond donors (Lipinski definition) is 2. The molecule has 1 aromatic carbocycles. The average Bonchev–Trinajstić information content (AvgIpc) is 2.15. The van der Waals surface area contributed by atoms with Crippen LogP contribution in [0.25, 0.3) is 0 Å². The van der Waals surface area contributed by atoms with Crippen molar-refractivity contribution in [1.29, 1.82) is 0 Å². The van der Waals surface area contributed by atoms with E-state index in [4.69, 9.17) is 5.84 Å². The normalized spacial score (nSPS) is 12.9. The van der Waals surface area contributed by atoms with Gasteiger partial charge in [-0.3, -0.25) is 11.3 Å². The van der Waals surface area contributed by atoms with Gasteiger partial charge in [0, 0.05) is 6.54 Å². The van der Waals surface area contributed by atoms with Crippen molar-refractivity contribution in [3.05, 3.63) is 34.9 Å². The minimum Gasteiger partial charge on any atom is -0.271 e. The molecule has 3 N–H and O–H groups in total. The summed E-state index contributed by atoms with van der Waals surface area (Å²) in [6, 6.07) is 6.81. The van der Waals surface area contributed by atoms with Gasteiger partial charge in [0.1, 0.15) is 0 Å². The number of benzene rings is 1. The Morgan fingerprint density at radius 3 is 1.59 bits per heavy atom. The highest BCUT2D eigenvalue weighted by molar-refractivity contribution is 5.37. The summed E-state index contributed by atoms with van der Waals surface area (Å²) in [7, 11) is 0. The molecule has 1 rings (SSSR count). The summed E-state index contributed by atoms with van der Waals surface area (Å²) in [6.07, 6.45) is 0. The van der Waals surface area contributed by atoms with Gasteiger partial charge in [-0.25, -0.2) is 0 Å². The predicted octanol–water partition coefficient (Wildman–Crippen LogP) is 3.24. The van der Waals surface area contributed by atoms with Crippen LogP contribution in [0.2, 0.25) is 0 Å². The lowest BCUT2D eigenvalue weighted by Crippen LogP contribution is -2.23. The summed E-state index contributed by atoms with van der Waals surface area (Å²) in [4.78, 5) is 0. The van der Waals surface area contributed by atoms with Gasteiger partial charge in [-0.15, -0.1) is 0 Å². The lowest BCUT2D eigenvalue weighted by Gasteiger charge is -2.26. The van der Waals surface area contributed by atoms with E-state index in [0.717, 1.165) is 0 Å². The van der Waals surface area contributed by atoms with Crippen molar-refractivity contribution in [2.24, 2.45) is 5.84 Å². The van der Waals surface area contributed by atoms with Crippen LogP contribution in [0.3, 0.4) is 0 Å². The molecule has 0 saturated carbocycles. The Bertz CT molecular complexity index is 349. The zero-order valence-electron chi connectivity index (χ0n) is 12.0. The summed E-state index contributed by atoms with van der Waals surface area (Å²) < 4.78 is 0. The van der Waals surface area contributed by atoms with E-state index in [9.17, 15) is 0 Å². The van der Waals surface area contributed by atoms with E-state index in [2.05, 4.69) is 65.2 Å². The van der Waals surface area contributed by atoms with Crippen LogP contribution in [0.15, 0.2) is 18.2 Å². The van der Waals surface area contributed by atoms with Crippen LogP contribution < -0.4 is 11.3 Å². The van der Waals surface area contributed by atoms with Crippen LogP contribution in [-0.4, -0.2) is 0 Å². The monoisotopic (exact) mass is 234 g/mol. The summed E-state index contributed by atoms with van der Waals surface area (Å²) >= 11 is 0. The first-order valence-electron chi connectivity index (χ1n) is 6.23. The fraction of sp³-hybridized carbons (Fsp3) is 0.600. The van der Waals surface area contributed by atoms with Gasteiger partial charge in [0.05, 0.1) is 0 Å². The Hall–Kier alpha value is -0.860. The van der Waals surface area contributed by atoms with Crippen LogP contribution in [-0.2, 0) is 17.4 Å². The lowest BCUT2D eigenvalue weighted by molar-refractivity contribution is 0.565. The second kappa shape index (κ2) is 4.79. The van der Waals surface area contributed by atoms with Gasteiger partial charge < -0.3 is 0 Å². The van der Waals surface area contributed by atoms with E-state index in [1.807, 2.05) is 0 Å². The lowest BCUT2D eigenvalue weighted by atomic mass is 9.79. The number of hydrazine groups is 1. The first kappa shape index (κ1) is 14.2. The maximum atomic E-state index is 5.43. The molecule has 2 nitrogen and oxygen atoms in total. The average molecular weight is 234 g/mol. The summed E-state index contributed by atoms with van der Waals surface area (Å²) in [6.45, 7) is 14.2. The Morgan fingerprint density at radius 1 is 0.882 bits per heavy atom. The molecule has 0 fully saturated rings. The van der Waals surface area contributed by atoms with Crippen molar-refractivity contribution in [2.45, 2.75) is 58.9 Å². The Balaban J connectivity index is 3.29. The molecule has 96 valence electrons. The van der Waals surface area contributed by atoms with Crippen LogP contribution in [0.5, 0.6) is 0 Å². The smallest absolute Gasteiger partial charge is 0.0348 e. The molecule has 0 atom stereocenters. The van der Waals surface area contributed by atoms with Crippen LogP contribution >= 0.6 is 0 Å². The molecule has 0 heterocycles. The van der Waals surface area contributed by atoms with Gasteiger partial charge in [0.2, 0.25) is 0 Å². The molecular formula is C15H26N2. The molecule has 1 aromatic rings. The number of rotatable bonds is 2. The topological polar surface area (TPSA) is 38.0 Å². The number of nitrogens with one attached hydrogen (secondary N) is 1.